The second-order valence-corrected chi connectivity index (χ2v) is 6.76. The highest BCUT2D eigenvalue weighted by molar-refractivity contribution is 7.91. The Kier molecular flexibility index (Phi) is 4.09. The number of hydrogen-bond donors (Lipinski definition) is 0. The van der Waals surface area contributed by atoms with Gasteiger partial charge in [0, 0.05) is 18.7 Å². The number of hydrogen-bond acceptors (Lipinski definition) is 4. The quantitative estimate of drug-likeness (QED) is 0.782. The van der Waals surface area contributed by atoms with Crippen molar-refractivity contribution in [3.05, 3.63) is 30.2 Å². The third kappa shape index (κ3) is 3.47. The number of rotatable bonds is 4. The summed E-state index contributed by atoms with van der Waals surface area (Å²) in [5.74, 6) is 0.661. The van der Waals surface area contributed by atoms with E-state index in [1.165, 1.54) is 12.3 Å². The van der Waals surface area contributed by atoms with Gasteiger partial charge in [-0.25, -0.2) is 8.42 Å². The fourth-order valence-corrected chi connectivity index (χ4v) is 3.98. The Bertz CT molecular complexity index is 559. The number of sulfone groups is 1. The molecule has 1 aliphatic rings. The van der Waals surface area contributed by atoms with Crippen molar-refractivity contribution in [2.75, 3.05) is 18.1 Å². The van der Waals surface area contributed by atoms with Crippen LogP contribution < -0.4 is 0 Å². The molecular weight excluding hydrogens is 266 g/mol. The molecule has 0 aromatic carbocycles. The smallest absolute Gasteiger partial charge is 0.246 e. The molecule has 1 aromatic rings. The zero-order valence-corrected chi connectivity index (χ0v) is 11.6. The molecule has 0 saturated carbocycles. The normalized spacial score (nSPS) is 21.8. The van der Waals surface area contributed by atoms with E-state index in [2.05, 4.69) is 0 Å². The van der Waals surface area contributed by atoms with Gasteiger partial charge in [0.25, 0.3) is 0 Å². The van der Waals surface area contributed by atoms with Gasteiger partial charge < -0.3 is 9.32 Å². The Labute approximate surface area is 112 Å². The average molecular weight is 283 g/mol. The molecule has 1 fully saturated rings. The summed E-state index contributed by atoms with van der Waals surface area (Å²) in [6.07, 6.45) is 5.07. The lowest BCUT2D eigenvalue weighted by molar-refractivity contribution is -0.127. The van der Waals surface area contributed by atoms with Gasteiger partial charge >= 0.3 is 0 Å². The summed E-state index contributed by atoms with van der Waals surface area (Å²) in [6.45, 7) is 2.35. The van der Waals surface area contributed by atoms with Crippen LogP contribution in [0, 0.1) is 0 Å². The van der Waals surface area contributed by atoms with Crippen molar-refractivity contribution in [3.8, 4) is 0 Å². The molecule has 0 aliphatic carbocycles. The van der Waals surface area contributed by atoms with Gasteiger partial charge in [-0.2, -0.15) is 0 Å². The molecule has 6 heteroatoms. The van der Waals surface area contributed by atoms with E-state index in [1.807, 2.05) is 6.92 Å². The van der Waals surface area contributed by atoms with E-state index in [0.717, 1.165) is 0 Å². The molecule has 2 rings (SSSR count). The minimum Gasteiger partial charge on any atom is -0.465 e. The molecule has 19 heavy (non-hydrogen) atoms. The van der Waals surface area contributed by atoms with Gasteiger partial charge in [0.1, 0.15) is 5.76 Å². The minimum atomic E-state index is -2.98. The van der Waals surface area contributed by atoms with E-state index in [1.54, 1.807) is 23.1 Å². The van der Waals surface area contributed by atoms with E-state index >= 15 is 0 Å². The standard InChI is InChI=1S/C13H17NO4S/c1-2-14(11-7-9-19(16,17)10-11)13(15)6-5-12-4-3-8-18-12/h3-6,8,11H,2,7,9-10H2,1H3. The molecule has 5 nitrogen and oxygen atoms in total. The Hall–Kier alpha value is -1.56. The molecule has 1 atom stereocenters. The van der Waals surface area contributed by atoms with Gasteiger partial charge in [0.2, 0.25) is 5.91 Å². The highest BCUT2D eigenvalue weighted by Crippen LogP contribution is 2.18. The summed E-state index contributed by atoms with van der Waals surface area (Å²) in [4.78, 5) is 13.7. The van der Waals surface area contributed by atoms with Crippen molar-refractivity contribution in [2.45, 2.75) is 19.4 Å². The first-order chi connectivity index (χ1) is 9.02. The van der Waals surface area contributed by atoms with Crippen molar-refractivity contribution < 1.29 is 17.6 Å². The molecule has 0 spiro atoms. The fourth-order valence-electron chi connectivity index (χ4n) is 2.25. The van der Waals surface area contributed by atoms with Gasteiger partial charge in [-0.05, 0) is 31.6 Å². The number of likely N-dealkylation sites (N-methyl/N-ethyl adjacent to an activating group) is 1. The Morgan fingerprint density at radius 1 is 1.58 bits per heavy atom. The predicted molar refractivity (Wildman–Crippen MR) is 72.2 cm³/mol. The van der Waals surface area contributed by atoms with Gasteiger partial charge in [-0.15, -0.1) is 0 Å². The second kappa shape index (κ2) is 5.61. The van der Waals surface area contributed by atoms with Crippen LogP contribution in [0.2, 0.25) is 0 Å². The highest BCUT2D eigenvalue weighted by Gasteiger charge is 2.33. The van der Waals surface area contributed by atoms with Crippen molar-refractivity contribution in [3.63, 3.8) is 0 Å². The first kappa shape index (κ1) is 13.9. The van der Waals surface area contributed by atoms with Gasteiger partial charge in [0.05, 0.1) is 17.8 Å². The van der Waals surface area contributed by atoms with E-state index < -0.39 is 9.84 Å². The van der Waals surface area contributed by atoms with Crippen LogP contribution in [0.15, 0.2) is 28.9 Å². The highest BCUT2D eigenvalue weighted by atomic mass is 32.2. The van der Waals surface area contributed by atoms with Gasteiger partial charge in [0.15, 0.2) is 9.84 Å². The zero-order chi connectivity index (χ0) is 13.9. The summed E-state index contributed by atoms with van der Waals surface area (Å²) < 4.78 is 28.0. The molecule has 1 aromatic heterocycles. The van der Waals surface area contributed by atoms with Crippen LogP contribution in [0.4, 0.5) is 0 Å². The summed E-state index contributed by atoms with van der Waals surface area (Å²) in [6, 6.07) is 3.29. The molecular formula is C13H17NO4S. The van der Waals surface area contributed by atoms with Crippen molar-refractivity contribution in [1.82, 2.24) is 4.90 Å². The van der Waals surface area contributed by atoms with Crippen molar-refractivity contribution in [2.24, 2.45) is 0 Å². The maximum Gasteiger partial charge on any atom is 0.246 e. The largest absolute Gasteiger partial charge is 0.465 e. The lowest BCUT2D eigenvalue weighted by Crippen LogP contribution is -2.39. The van der Waals surface area contributed by atoms with Crippen molar-refractivity contribution >= 4 is 21.8 Å². The predicted octanol–water partition coefficient (Wildman–Crippen LogP) is 1.33. The number of carbonyl (C=O) groups excluding carboxylic acids is 1. The molecule has 1 saturated heterocycles. The van der Waals surface area contributed by atoms with E-state index in [0.29, 0.717) is 18.7 Å². The third-order valence-electron chi connectivity index (χ3n) is 3.21. The third-order valence-corrected chi connectivity index (χ3v) is 4.96. The summed E-state index contributed by atoms with van der Waals surface area (Å²) in [5, 5.41) is 0. The van der Waals surface area contributed by atoms with Crippen LogP contribution in [-0.4, -0.2) is 43.3 Å². The van der Waals surface area contributed by atoms with Crippen LogP contribution in [-0.2, 0) is 14.6 Å². The maximum absolute atomic E-state index is 12.1. The number of furan rings is 1. The fraction of sp³-hybridized carbons (Fsp3) is 0.462. The summed E-state index contributed by atoms with van der Waals surface area (Å²) in [7, 11) is -2.98. The molecule has 0 bridgehead atoms. The van der Waals surface area contributed by atoms with Crippen LogP contribution in [0.25, 0.3) is 6.08 Å². The number of amides is 1. The molecule has 0 N–H and O–H groups in total. The molecule has 1 amide bonds. The average Bonchev–Trinajstić information content (AvgIpc) is 2.97. The lowest BCUT2D eigenvalue weighted by Gasteiger charge is -2.25. The first-order valence-electron chi connectivity index (χ1n) is 6.24. The molecule has 104 valence electrons. The maximum atomic E-state index is 12.1. The second-order valence-electron chi connectivity index (χ2n) is 4.53. The Morgan fingerprint density at radius 3 is 2.89 bits per heavy atom. The van der Waals surface area contributed by atoms with Gasteiger partial charge in [-0.1, -0.05) is 0 Å². The SMILES string of the molecule is CCN(C(=O)C=Cc1ccco1)C1CCS(=O)(=O)C1. The molecule has 1 unspecified atom stereocenters. The van der Waals surface area contributed by atoms with Crippen LogP contribution >= 0.6 is 0 Å². The van der Waals surface area contributed by atoms with Crippen LogP contribution in [0.3, 0.4) is 0 Å². The monoisotopic (exact) mass is 283 g/mol. The first-order valence-corrected chi connectivity index (χ1v) is 8.06. The lowest BCUT2D eigenvalue weighted by atomic mass is 10.2. The van der Waals surface area contributed by atoms with Crippen molar-refractivity contribution in [1.29, 1.82) is 0 Å². The van der Waals surface area contributed by atoms with E-state index in [4.69, 9.17) is 4.42 Å². The molecule has 2 heterocycles. The summed E-state index contributed by atoms with van der Waals surface area (Å²) >= 11 is 0. The topological polar surface area (TPSA) is 67.6 Å². The van der Waals surface area contributed by atoms with Crippen LogP contribution in [0.5, 0.6) is 0 Å². The van der Waals surface area contributed by atoms with E-state index in [9.17, 15) is 13.2 Å². The van der Waals surface area contributed by atoms with Crippen LogP contribution in [0.1, 0.15) is 19.1 Å². The number of carbonyl (C=O) groups is 1. The minimum absolute atomic E-state index is 0.0706. The molecule has 1 aliphatic heterocycles. The summed E-state index contributed by atoms with van der Waals surface area (Å²) in [5.41, 5.74) is 0. The molecule has 0 radical (unpaired) electrons. The van der Waals surface area contributed by atoms with Gasteiger partial charge in [-0.3, -0.25) is 4.79 Å². The number of nitrogens with zero attached hydrogens (tertiary/aromatic N) is 1. The Balaban J connectivity index is 2.04. The zero-order valence-electron chi connectivity index (χ0n) is 10.8. The Morgan fingerprint density at radius 2 is 2.37 bits per heavy atom. The van der Waals surface area contributed by atoms with E-state index in [-0.39, 0.29) is 23.5 Å².